The van der Waals surface area contributed by atoms with E-state index in [1.165, 1.54) is 0 Å². The smallest absolute Gasteiger partial charge is 0.220 e. The lowest BCUT2D eigenvalue weighted by atomic mass is 10.1. The molecule has 0 spiro atoms. The topological polar surface area (TPSA) is 68.0 Å². The van der Waals surface area contributed by atoms with Crippen LogP contribution in [0, 0.1) is 12.8 Å². The van der Waals surface area contributed by atoms with E-state index in [9.17, 15) is 4.79 Å². The summed E-state index contributed by atoms with van der Waals surface area (Å²) in [7, 11) is 0. The normalized spacial score (nSPS) is 12.2. The van der Waals surface area contributed by atoms with Gasteiger partial charge in [-0.2, -0.15) is 0 Å². The molecule has 0 fully saturated rings. The highest BCUT2D eigenvalue weighted by Crippen LogP contribution is 2.05. The first-order chi connectivity index (χ1) is 7.63. The fourth-order valence-electron chi connectivity index (χ4n) is 1.35. The van der Waals surface area contributed by atoms with Gasteiger partial charge in [0.25, 0.3) is 0 Å². The van der Waals surface area contributed by atoms with Crippen LogP contribution in [0.15, 0.2) is 18.5 Å². The number of amides is 1. The maximum atomic E-state index is 11.5. The molecule has 0 aliphatic carbocycles. The van der Waals surface area contributed by atoms with E-state index in [0.717, 1.165) is 11.1 Å². The predicted molar refractivity (Wildman–Crippen MR) is 63.7 cm³/mol. The van der Waals surface area contributed by atoms with Gasteiger partial charge in [0.2, 0.25) is 5.91 Å². The summed E-state index contributed by atoms with van der Waals surface area (Å²) in [4.78, 5) is 15.5. The molecule has 0 bridgehead atoms. The maximum Gasteiger partial charge on any atom is 0.220 e. The number of carbonyl (C=O) groups excluding carboxylic acids is 1. The molecule has 3 N–H and O–H groups in total. The van der Waals surface area contributed by atoms with Crippen molar-refractivity contribution in [3.05, 3.63) is 29.6 Å². The van der Waals surface area contributed by atoms with Crippen LogP contribution in [0.3, 0.4) is 0 Å². The van der Waals surface area contributed by atoms with Gasteiger partial charge in [0.15, 0.2) is 0 Å². The number of nitrogens with one attached hydrogen (secondary N) is 1. The number of nitrogens with two attached hydrogens (primary N) is 1. The van der Waals surface area contributed by atoms with Gasteiger partial charge in [-0.15, -0.1) is 0 Å². The largest absolute Gasteiger partial charge is 0.352 e. The Morgan fingerprint density at radius 3 is 3.00 bits per heavy atom. The standard InChI is InChI=1S/C12H19N3O/c1-9(6-13)5-12(16)15-8-11-7-14-4-3-10(11)2/h3-4,7,9H,5-6,8,13H2,1-2H3,(H,15,16). The van der Waals surface area contributed by atoms with Crippen LogP contribution in [0.25, 0.3) is 0 Å². The van der Waals surface area contributed by atoms with E-state index < -0.39 is 0 Å². The summed E-state index contributed by atoms with van der Waals surface area (Å²) in [5.74, 6) is 0.274. The zero-order valence-electron chi connectivity index (χ0n) is 9.86. The van der Waals surface area contributed by atoms with Crippen LogP contribution in [0.2, 0.25) is 0 Å². The second-order valence-corrected chi connectivity index (χ2v) is 4.12. The first kappa shape index (κ1) is 12.6. The Morgan fingerprint density at radius 1 is 1.62 bits per heavy atom. The van der Waals surface area contributed by atoms with Crippen LogP contribution in [0.1, 0.15) is 24.5 Å². The van der Waals surface area contributed by atoms with Crippen LogP contribution in [0.5, 0.6) is 0 Å². The second-order valence-electron chi connectivity index (χ2n) is 4.12. The van der Waals surface area contributed by atoms with E-state index in [1.54, 1.807) is 12.4 Å². The van der Waals surface area contributed by atoms with E-state index in [2.05, 4.69) is 10.3 Å². The highest BCUT2D eigenvalue weighted by molar-refractivity contribution is 5.76. The predicted octanol–water partition coefficient (Wildman–Crippen LogP) is 0.991. The lowest BCUT2D eigenvalue weighted by Gasteiger charge is -2.10. The average molecular weight is 221 g/mol. The second kappa shape index (κ2) is 6.23. The van der Waals surface area contributed by atoms with Gasteiger partial charge >= 0.3 is 0 Å². The number of pyridine rings is 1. The Hall–Kier alpha value is -1.42. The van der Waals surface area contributed by atoms with Gasteiger partial charge in [-0.1, -0.05) is 6.92 Å². The van der Waals surface area contributed by atoms with Crippen molar-refractivity contribution in [1.82, 2.24) is 10.3 Å². The van der Waals surface area contributed by atoms with Crippen LogP contribution >= 0.6 is 0 Å². The molecule has 4 heteroatoms. The van der Waals surface area contributed by atoms with Crippen molar-refractivity contribution in [1.29, 1.82) is 0 Å². The molecule has 88 valence electrons. The molecule has 1 amide bonds. The summed E-state index contributed by atoms with van der Waals surface area (Å²) in [6.07, 6.45) is 4.01. The highest BCUT2D eigenvalue weighted by Gasteiger charge is 2.07. The molecule has 1 aromatic heterocycles. The Bertz CT molecular complexity index is 352. The van der Waals surface area contributed by atoms with E-state index in [-0.39, 0.29) is 11.8 Å². The summed E-state index contributed by atoms with van der Waals surface area (Å²) in [5.41, 5.74) is 7.65. The van der Waals surface area contributed by atoms with Crippen molar-refractivity contribution in [2.24, 2.45) is 11.7 Å². The van der Waals surface area contributed by atoms with Gasteiger partial charge in [0.05, 0.1) is 0 Å². The average Bonchev–Trinajstić information content (AvgIpc) is 2.28. The van der Waals surface area contributed by atoms with E-state index in [0.29, 0.717) is 19.5 Å². The molecule has 1 atom stereocenters. The fraction of sp³-hybridized carbons (Fsp3) is 0.500. The van der Waals surface area contributed by atoms with Gasteiger partial charge in [0, 0.05) is 25.4 Å². The summed E-state index contributed by atoms with van der Waals surface area (Å²) < 4.78 is 0. The summed E-state index contributed by atoms with van der Waals surface area (Å²) in [6.45, 7) is 5.05. The summed E-state index contributed by atoms with van der Waals surface area (Å²) in [5, 5.41) is 2.87. The van der Waals surface area contributed by atoms with E-state index >= 15 is 0 Å². The molecule has 4 nitrogen and oxygen atoms in total. The minimum absolute atomic E-state index is 0.0428. The fourth-order valence-corrected chi connectivity index (χ4v) is 1.35. The van der Waals surface area contributed by atoms with Crippen molar-refractivity contribution in [3.63, 3.8) is 0 Å². The Balaban J connectivity index is 2.40. The zero-order chi connectivity index (χ0) is 12.0. The summed E-state index contributed by atoms with van der Waals surface area (Å²) in [6, 6.07) is 1.93. The molecule has 0 aliphatic rings. The Kier molecular flexibility index (Phi) is 4.92. The Morgan fingerprint density at radius 2 is 2.38 bits per heavy atom. The van der Waals surface area contributed by atoms with Gasteiger partial charge in [0.1, 0.15) is 0 Å². The molecule has 0 aromatic carbocycles. The van der Waals surface area contributed by atoms with Crippen molar-refractivity contribution >= 4 is 5.91 Å². The number of nitrogens with zero attached hydrogens (tertiary/aromatic N) is 1. The van der Waals surface area contributed by atoms with Crippen molar-refractivity contribution in [2.75, 3.05) is 6.54 Å². The molecule has 1 rings (SSSR count). The molecule has 1 heterocycles. The van der Waals surface area contributed by atoms with Crippen LogP contribution in [-0.4, -0.2) is 17.4 Å². The number of rotatable bonds is 5. The lowest BCUT2D eigenvalue weighted by Crippen LogP contribution is -2.27. The maximum absolute atomic E-state index is 11.5. The van der Waals surface area contributed by atoms with Gasteiger partial charge in [-0.3, -0.25) is 9.78 Å². The van der Waals surface area contributed by atoms with Crippen LogP contribution in [-0.2, 0) is 11.3 Å². The highest BCUT2D eigenvalue weighted by atomic mass is 16.1. The summed E-state index contributed by atoms with van der Waals surface area (Å²) >= 11 is 0. The first-order valence-electron chi connectivity index (χ1n) is 5.49. The van der Waals surface area contributed by atoms with Crippen molar-refractivity contribution < 1.29 is 4.79 Å². The SMILES string of the molecule is Cc1ccncc1CNC(=O)CC(C)CN. The van der Waals surface area contributed by atoms with Gasteiger partial charge in [-0.25, -0.2) is 0 Å². The monoisotopic (exact) mass is 221 g/mol. The molecule has 16 heavy (non-hydrogen) atoms. The van der Waals surface area contributed by atoms with E-state index in [1.807, 2.05) is 19.9 Å². The molecule has 1 aromatic rings. The quantitative estimate of drug-likeness (QED) is 0.779. The molecular weight excluding hydrogens is 202 g/mol. The minimum Gasteiger partial charge on any atom is -0.352 e. The molecule has 0 saturated heterocycles. The molecule has 1 unspecified atom stereocenters. The molecule has 0 radical (unpaired) electrons. The van der Waals surface area contributed by atoms with E-state index in [4.69, 9.17) is 5.73 Å². The van der Waals surface area contributed by atoms with Crippen molar-refractivity contribution in [3.8, 4) is 0 Å². The van der Waals surface area contributed by atoms with Gasteiger partial charge < -0.3 is 11.1 Å². The third kappa shape index (κ3) is 3.98. The molecular formula is C12H19N3O. The third-order valence-corrected chi connectivity index (χ3v) is 2.56. The first-order valence-corrected chi connectivity index (χ1v) is 5.49. The van der Waals surface area contributed by atoms with Crippen LogP contribution in [0.4, 0.5) is 0 Å². The molecule has 0 saturated carbocycles. The number of carbonyl (C=O) groups is 1. The third-order valence-electron chi connectivity index (χ3n) is 2.56. The van der Waals surface area contributed by atoms with Gasteiger partial charge in [-0.05, 0) is 36.6 Å². The number of hydrogen-bond acceptors (Lipinski definition) is 3. The number of hydrogen-bond donors (Lipinski definition) is 2. The number of aryl methyl sites for hydroxylation is 1. The number of aromatic nitrogens is 1. The molecule has 0 aliphatic heterocycles. The van der Waals surface area contributed by atoms with Crippen molar-refractivity contribution in [2.45, 2.75) is 26.8 Å². The van der Waals surface area contributed by atoms with Crippen LogP contribution < -0.4 is 11.1 Å². The zero-order valence-corrected chi connectivity index (χ0v) is 9.86. The minimum atomic E-state index is 0.0428. The Labute approximate surface area is 96.3 Å². The lowest BCUT2D eigenvalue weighted by molar-refractivity contribution is -0.122.